The minimum absolute atomic E-state index is 0.403. The molecule has 0 radical (unpaired) electrons. The number of hydrogen-bond acceptors (Lipinski definition) is 6. The maximum absolute atomic E-state index is 6.14. The zero-order valence-corrected chi connectivity index (χ0v) is 15.0. The van der Waals surface area contributed by atoms with Crippen LogP contribution in [-0.4, -0.2) is 29.3 Å². The molecule has 2 N–H and O–H groups in total. The standard InChI is InChI=1S/C18H19ClN6/c1-12-15(19)5-4-6-16(12)22-18-23-17(11-20-24-18)21-13-7-9-14(10-8-13)25(2)3/h4-11H,1-3H3,(H2,21,22,23,24). The molecular formula is C18H19ClN6. The molecule has 0 unspecified atom stereocenters. The van der Waals surface area contributed by atoms with E-state index in [9.17, 15) is 0 Å². The lowest BCUT2D eigenvalue weighted by atomic mass is 10.2. The summed E-state index contributed by atoms with van der Waals surface area (Å²) in [6.07, 6.45) is 1.58. The van der Waals surface area contributed by atoms with E-state index in [1.807, 2.05) is 68.4 Å². The van der Waals surface area contributed by atoms with Crippen LogP contribution in [-0.2, 0) is 0 Å². The first kappa shape index (κ1) is 17.0. The van der Waals surface area contributed by atoms with E-state index in [0.29, 0.717) is 16.8 Å². The molecule has 1 heterocycles. The van der Waals surface area contributed by atoms with E-state index < -0.39 is 0 Å². The van der Waals surface area contributed by atoms with Gasteiger partial charge in [0.05, 0.1) is 6.20 Å². The highest BCUT2D eigenvalue weighted by Crippen LogP contribution is 2.25. The zero-order valence-electron chi connectivity index (χ0n) is 14.3. The summed E-state index contributed by atoms with van der Waals surface area (Å²) in [5, 5.41) is 15.1. The second-order valence-corrected chi connectivity index (χ2v) is 6.18. The summed E-state index contributed by atoms with van der Waals surface area (Å²) in [6, 6.07) is 13.7. The van der Waals surface area contributed by atoms with Crippen LogP contribution in [0.4, 0.5) is 28.8 Å². The first-order valence-corrected chi connectivity index (χ1v) is 8.17. The Kier molecular flexibility index (Phi) is 5.00. The van der Waals surface area contributed by atoms with Gasteiger partial charge in [-0.1, -0.05) is 17.7 Å². The number of rotatable bonds is 5. The predicted octanol–water partition coefficient (Wildman–Crippen LogP) is 4.39. The summed E-state index contributed by atoms with van der Waals surface area (Å²) >= 11 is 6.14. The lowest BCUT2D eigenvalue weighted by Gasteiger charge is -2.13. The van der Waals surface area contributed by atoms with Gasteiger partial charge < -0.3 is 15.5 Å². The average Bonchev–Trinajstić information content (AvgIpc) is 2.60. The van der Waals surface area contributed by atoms with E-state index in [0.717, 1.165) is 22.6 Å². The molecule has 25 heavy (non-hydrogen) atoms. The predicted molar refractivity (Wildman–Crippen MR) is 103 cm³/mol. The number of halogens is 1. The fourth-order valence-corrected chi connectivity index (χ4v) is 2.45. The molecule has 0 fully saturated rings. The van der Waals surface area contributed by atoms with Crippen molar-refractivity contribution in [1.82, 2.24) is 15.2 Å². The molecule has 0 spiro atoms. The molecule has 0 aliphatic carbocycles. The Morgan fingerprint density at radius 3 is 2.48 bits per heavy atom. The van der Waals surface area contributed by atoms with Gasteiger partial charge in [0.15, 0.2) is 5.82 Å². The van der Waals surface area contributed by atoms with E-state index in [2.05, 4.69) is 25.8 Å². The van der Waals surface area contributed by atoms with E-state index in [1.165, 1.54) is 0 Å². The number of hydrogen-bond donors (Lipinski definition) is 2. The smallest absolute Gasteiger partial charge is 0.249 e. The molecule has 0 saturated carbocycles. The van der Waals surface area contributed by atoms with Gasteiger partial charge in [0.1, 0.15) is 0 Å². The van der Waals surface area contributed by atoms with Gasteiger partial charge in [-0.2, -0.15) is 10.1 Å². The van der Waals surface area contributed by atoms with Gasteiger partial charge >= 0.3 is 0 Å². The van der Waals surface area contributed by atoms with Crippen LogP contribution in [0.3, 0.4) is 0 Å². The monoisotopic (exact) mass is 354 g/mol. The quantitative estimate of drug-likeness (QED) is 0.708. The number of anilines is 5. The molecule has 3 rings (SSSR count). The molecule has 7 heteroatoms. The lowest BCUT2D eigenvalue weighted by Crippen LogP contribution is -2.08. The van der Waals surface area contributed by atoms with Crippen LogP contribution in [0.5, 0.6) is 0 Å². The summed E-state index contributed by atoms with van der Waals surface area (Å²) in [5.74, 6) is 1.01. The summed E-state index contributed by atoms with van der Waals surface area (Å²) in [4.78, 5) is 6.49. The topological polar surface area (TPSA) is 66.0 Å². The minimum Gasteiger partial charge on any atom is -0.378 e. The Morgan fingerprint density at radius 1 is 1.00 bits per heavy atom. The summed E-state index contributed by atoms with van der Waals surface area (Å²) in [5.41, 5.74) is 3.84. The SMILES string of the molecule is Cc1c(Cl)cccc1Nc1nncc(Nc2ccc(N(C)C)cc2)n1. The van der Waals surface area contributed by atoms with E-state index in [-0.39, 0.29) is 0 Å². The summed E-state index contributed by atoms with van der Waals surface area (Å²) < 4.78 is 0. The Balaban J connectivity index is 1.76. The average molecular weight is 355 g/mol. The van der Waals surface area contributed by atoms with E-state index in [1.54, 1.807) is 6.20 Å². The largest absolute Gasteiger partial charge is 0.378 e. The van der Waals surface area contributed by atoms with E-state index in [4.69, 9.17) is 11.6 Å². The number of aromatic nitrogens is 3. The molecular weight excluding hydrogens is 336 g/mol. The molecule has 1 aromatic heterocycles. The molecule has 0 bridgehead atoms. The highest BCUT2D eigenvalue weighted by atomic mass is 35.5. The van der Waals surface area contributed by atoms with Gasteiger partial charge in [0, 0.05) is 36.2 Å². The van der Waals surface area contributed by atoms with Crippen molar-refractivity contribution in [2.75, 3.05) is 29.6 Å². The molecule has 0 atom stereocenters. The van der Waals surface area contributed by atoms with Crippen LogP contribution in [0.1, 0.15) is 5.56 Å². The minimum atomic E-state index is 0.403. The third-order valence-corrected chi connectivity index (χ3v) is 4.14. The Labute approximate surface area is 151 Å². The Hall–Kier alpha value is -2.86. The van der Waals surface area contributed by atoms with Crippen LogP contribution in [0, 0.1) is 6.92 Å². The Morgan fingerprint density at radius 2 is 1.76 bits per heavy atom. The highest BCUT2D eigenvalue weighted by Gasteiger charge is 2.06. The van der Waals surface area contributed by atoms with E-state index >= 15 is 0 Å². The van der Waals surface area contributed by atoms with Crippen molar-refractivity contribution in [2.24, 2.45) is 0 Å². The third-order valence-electron chi connectivity index (χ3n) is 3.73. The van der Waals surface area contributed by atoms with Gasteiger partial charge in [0.2, 0.25) is 5.95 Å². The molecule has 0 saturated heterocycles. The molecule has 128 valence electrons. The first-order chi connectivity index (χ1) is 12.0. The third kappa shape index (κ3) is 4.16. The van der Waals surface area contributed by atoms with Crippen LogP contribution >= 0.6 is 11.6 Å². The summed E-state index contributed by atoms with van der Waals surface area (Å²) in [7, 11) is 4.01. The second kappa shape index (κ2) is 7.36. The fourth-order valence-electron chi connectivity index (χ4n) is 2.27. The lowest BCUT2D eigenvalue weighted by molar-refractivity contribution is 0.981. The maximum atomic E-state index is 6.14. The van der Waals surface area contributed by atoms with Crippen molar-refractivity contribution in [3.05, 3.63) is 59.2 Å². The molecule has 0 amide bonds. The second-order valence-electron chi connectivity index (χ2n) is 5.77. The number of nitrogens with one attached hydrogen (secondary N) is 2. The maximum Gasteiger partial charge on any atom is 0.249 e. The van der Waals surface area contributed by atoms with Crippen LogP contribution in [0.15, 0.2) is 48.7 Å². The number of nitrogens with zero attached hydrogens (tertiary/aromatic N) is 4. The molecule has 0 aliphatic heterocycles. The van der Waals surface area contributed by atoms with Gasteiger partial charge in [0.25, 0.3) is 0 Å². The van der Waals surface area contributed by atoms with Gasteiger partial charge in [-0.25, -0.2) is 0 Å². The van der Waals surface area contributed by atoms with Crippen molar-refractivity contribution >= 4 is 40.4 Å². The Bertz CT molecular complexity index is 864. The van der Waals surface area contributed by atoms with Crippen molar-refractivity contribution in [2.45, 2.75) is 6.92 Å². The van der Waals surface area contributed by atoms with Crippen LogP contribution < -0.4 is 15.5 Å². The summed E-state index contributed by atoms with van der Waals surface area (Å²) in [6.45, 7) is 1.94. The van der Waals surface area contributed by atoms with Gasteiger partial charge in [-0.15, -0.1) is 5.10 Å². The van der Waals surface area contributed by atoms with Crippen LogP contribution in [0.25, 0.3) is 0 Å². The fraction of sp³-hybridized carbons (Fsp3) is 0.167. The zero-order chi connectivity index (χ0) is 17.8. The van der Waals surface area contributed by atoms with Crippen molar-refractivity contribution < 1.29 is 0 Å². The first-order valence-electron chi connectivity index (χ1n) is 7.79. The highest BCUT2D eigenvalue weighted by molar-refractivity contribution is 6.31. The number of benzene rings is 2. The molecule has 3 aromatic rings. The molecule has 2 aromatic carbocycles. The van der Waals surface area contributed by atoms with Gasteiger partial charge in [-0.05, 0) is 48.9 Å². The van der Waals surface area contributed by atoms with Crippen molar-refractivity contribution in [3.8, 4) is 0 Å². The molecule has 0 aliphatic rings. The molecule has 6 nitrogen and oxygen atoms in total. The van der Waals surface area contributed by atoms with Gasteiger partial charge in [-0.3, -0.25) is 0 Å². The van der Waals surface area contributed by atoms with Crippen molar-refractivity contribution in [3.63, 3.8) is 0 Å². The normalized spacial score (nSPS) is 10.4. The van der Waals surface area contributed by atoms with Crippen LogP contribution in [0.2, 0.25) is 5.02 Å². The van der Waals surface area contributed by atoms with Crippen molar-refractivity contribution in [1.29, 1.82) is 0 Å².